The molecule has 2 aromatic rings. The zero-order chi connectivity index (χ0) is 11.4. The SMILES string of the molecule is CCCn1nncc1-c1cncc(C=O)c1. The van der Waals surface area contributed by atoms with Crippen molar-refractivity contribution in [2.45, 2.75) is 19.9 Å². The quantitative estimate of drug-likeness (QED) is 0.728. The Morgan fingerprint density at radius 2 is 2.25 bits per heavy atom. The molecule has 5 nitrogen and oxygen atoms in total. The van der Waals surface area contributed by atoms with Crippen molar-refractivity contribution in [2.75, 3.05) is 0 Å². The molecule has 0 saturated carbocycles. The van der Waals surface area contributed by atoms with Gasteiger partial charge in [-0.3, -0.25) is 9.78 Å². The maximum Gasteiger partial charge on any atom is 0.151 e. The lowest BCUT2D eigenvalue weighted by molar-refractivity contribution is 0.112. The summed E-state index contributed by atoms with van der Waals surface area (Å²) in [5.41, 5.74) is 2.31. The first-order valence-corrected chi connectivity index (χ1v) is 5.14. The molecule has 0 aliphatic rings. The van der Waals surface area contributed by atoms with Crippen LogP contribution in [0.15, 0.2) is 24.7 Å². The van der Waals surface area contributed by atoms with Crippen LogP contribution in [-0.4, -0.2) is 26.3 Å². The maximum absolute atomic E-state index is 10.7. The van der Waals surface area contributed by atoms with E-state index in [1.54, 1.807) is 18.5 Å². The molecule has 0 amide bonds. The fraction of sp³-hybridized carbons (Fsp3) is 0.273. The van der Waals surface area contributed by atoms with Crippen molar-refractivity contribution in [3.05, 3.63) is 30.2 Å². The van der Waals surface area contributed by atoms with E-state index in [1.165, 1.54) is 6.20 Å². The Balaban J connectivity index is 2.41. The largest absolute Gasteiger partial charge is 0.298 e. The topological polar surface area (TPSA) is 60.7 Å². The van der Waals surface area contributed by atoms with E-state index in [0.29, 0.717) is 5.56 Å². The summed E-state index contributed by atoms with van der Waals surface area (Å²) in [5.74, 6) is 0. The monoisotopic (exact) mass is 216 g/mol. The third-order valence-electron chi connectivity index (χ3n) is 2.24. The summed E-state index contributed by atoms with van der Waals surface area (Å²) in [5, 5.41) is 7.86. The molecule has 0 spiro atoms. The van der Waals surface area contributed by atoms with Gasteiger partial charge in [0.2, 0.25) is 0 Å². The molecule has 0 unspecified atom stereocenters. The number of pyridine rings is 1. The lowest BCUT2D eigenvalue weighted by atomic mass is 10.2. The summed E-state index contributed by atoms with van der Waals surface area (Å²) in [6.45, 7) is 2.88. The van der Waals surface area contributed by atoms with Crippen LogP contribution in [0.4, 0.5) is 0 Å². The summed E-state index contributed by atoms with van der Waals surface area (Å²) in [7, 11) is 0. The second-order valence-corrected chi connectivity index (χ2v) is 3.47. The standard InChI is InChI=1S/C11H12N4O/c1-2-3-15-11(7-13-14-15)10-4-9(8-16)5-12-6-10/h4-8H,2-3H2,1H3. The summed E-state index contributed by atoms with van der Waals surface area (Å²) >= 11 is 0. The van der Waals surface area contributed by atoms with Crippen LogP contribution in [0.1, 0.15) is 23.7 Å². The highest BCUT2D eigenvalue weighted by Crippen LogP contribution is 2.17. The van der Waals surface area contributed by atoms with E-state index in [2.05, 4.69) is 22.2 Å². The first-order chi connectivity index (χ1) is 7.85. The Labute approximate surface area is 93.1 Å². The predicted octanol–water partition coefficient (Wildman–Crippen LogP) is 1.56. The Morgan fingerprint density at radius 3 is 3.00 bits per heavy atom. The van der Waals surface area contributed by atoms with Crippen LogP contribution in [0.3, 0.4) is 0 Å². The second kappa shape index (κ2) is 4.65. The molecule has 0 aromatic carbocycles. The van der Waals surface area contributed by atoms with Gasteiger partial charge in [-0.25, -0.2) is 4.68 Å². The van der Waals surface area contributed by atoms with Gasteiger partial charge in [0.05, 0.1) is 11.9 Å². The Morgan fingerprint density at radius 1 is 1.38 bits per heavy atom. The zero-order valence-corrected chi connectivity index (χ0v) is 9.00. The number of carbonyl (C=O) groups excluding carboxylic acids is 1. The van der Waals surface area contributed by atoms with E-state index >= 15 is 0 Å². The van der Waals surface area contributed by atoms with E-state index in [-0.39, 0.29) is 0 Å². The number of hydrogen-bond acceptors (Lipinski definition) is 4. The third-order valence-corrected chi connectivity index (χ3v) is 2.24. The second-order valence-electron chi connectivity index (χ2n) is 3.47. The van der Waals surface area contributed by atoms with Crippen LogP contribution in [0.5, 0.6) is 0 Å². The van der Waals surface area contributed by atoms with Gasteiger partial charge in [-0.2, -0.15) is 0 Å². The molecule has 2 aromatic heterocycles. The summed E-state index contributed by atoms with van der Waals surface area (Å²) in [6.07, 6.45) is 6.69. The van der Waals surface area contributed by atoms with Crippen LogP contribution in [0.2, 0.25) is 0 Å². The van der Waals surface area contributed by atoms with Gasteiger partial charge in [0, 0.05) is 30.1 Å². The average Bonchev–Trinajstić information content (AvgIpc) is 2.78. The van der Waals surface area contributed by atoms with Gasteiger partial charge in [-0.1, -0.05) is 12.1 Å². The first-order valence-electron chi connectivity index (χ1n) is 5.14. The minimum absolute atomic E-state index is 0.557. The molecule has 0 saturated heterocycles. The van der Waals surface area contributed by atoms with Crippen LogP contribution in [-0.2, 0) is 6.54 Å². The lowest BCUT2D eigenvalue weighted by Crippen LogP contribution is -2.01. The van der Waals surface area contributed by atoms with Crippen molar-refractivity contribution < 1.29 is 4.79 Å². The van der Waals surface area contributed by atoms with Crippen molar-refractivity contribution in [1.82, 2.24) is 20.0 Å². The van der Waals surface area contributed by atoms with Crippen LogP contribution in [0.25, 0.3) is 11.3 Å². The number of aldehydes is 1. The highest BCUT2D eigenvalue weighted by Gasteiger charge is 2.06. The fourth-order valence-electron chi connectivity index (χ4n) is 1.52. The normalized spacial score (nSPS) is 10.3. The Hall–Kier alpha value is -2.04. The summed E-state index contributed by atoms with van der Waals surface area (Å²) < 4.78 is 1.81. The number of carbonyl (C=O) groups is 1. The van der Waals surface area contributed by atoms with E-state index in [9.17, 15) is 4.79 Å². The Bertz CT molecular complexity index is 492. The molecule has 0 aliphatic carbocycles. The minimum atomic E-state index is 0.557. The number of nitrogens with zero attached hydrogens (tertiary/aromatic N) is 4. The smallest absolute Gasteiger partial charge is 0.151 e. The highest BCUT2D eigenvalue weighted by atomic mass is 16.1. The summed E-state index contributed by atoms with van der Waals surface area (Å²) in [6, 6.07) is 1.78. The lowest BCUT2D eigenvalue weighted by Gasteiger charge is -2.04. The first kappa shape index (κ1) is 10.5. The minimum Gasteiger partial charge on any atom is -0.298 e. The van der Waals surface area contributed by atoms with Crippen molar-refractivity contribution in [3.63, 3.8) is 0 Å². The zero-order valence-electron chi connectivity index (χ0n) is 9.00. The van der Waals surface area contributed by atoms with Gasteiger partial charge in [0.25, 0.3) is 0 Å². The third kappa shape index (κ3) is 1.98. The molecule has 0 bridgehead atoms. The Kier molecular flexibility index (Phi) is 3.05. The number of rotatable bonds is 4. The predicted molar refractivity (Wildman–Crippen MR) is 58.9 cm³/mol. The van der Waals surface area contributed by atoms with Gasteiger partial charge < -0.3 is 0 Å². The van der Waals surface area contributed by atoms with Crippen molar-refractivity contribution >= 4 is 6.29 Å². The van der Waals surface area contributed by atoms with Crippen LogP contribution < -0.4 is 0 Å². The van der Waals surface area contributed by atoms with E-state index in [4.69, 9.17) is 0 Å². The summed E-state index contributed by atoms with van der Waals surface area (Å²) in [4.78, 5) is 14.7. The van der Waals surface area contributed by atoms with Gasteiger partial charge >= 0.3 is 0 Å². The van der Waals surface area contributed by atoms with E-state index < -0.39 is 0 Å². The molecule has 2 rings (SSSR count). The number of aromatic nitrogens is 4. The number of aryl methyl sites for hydroxylation is 1. The molecule has 0 aliphatic heterocycles. The van der Waals surface area contributed by atoms with Crippen molar-refractivity contribution in [2.24, 2.45) is 0 Å². The van der Waals surface area contributed by atoms with Gasteiger partial charge in [0.15, 0.2) is 6.29 Å². The van der Waals surface area contributed by atoms with Crippen LogP contribution >= 0.6 is 0 Å². The fourth-order valence-corrected chi connectivity index (χ4v) is 1.52. The molecule has 5 heteroatoms. The average molecular weight is 216 g/mol. The van der Waals surface area contributed by atoms with Gasteiger partial charge in [0.1, 0.15) is 0 Å². The van der Waals surface area contributed by atoms with Gasteiger partial charge in [-0.15, -0.1) is 5.10 Å². The maximum atomic E-state index is 10.7. The molecule has 16 heavy (non-hydrogen) atoms. The molecule has 82 valence electrons. The molecular weight excluding hydrogens is 204 g/mol. The molecule has 0 fully saturated rings. The van der Waals surface area contributed by atoms with Crippen molar-refractivity contribution in [3.8, 4) is 11.3 Å². The molecule has 0 N–H and O–H groups in total. The molecule has 0 atom stereocenters. The van der Waals surface area contributed by atoms with E-state index in [0.717, 1.165) is 30.5 Å². The molecule has 2 heterocycles. The molecule has 0 radical (unpaired) electrons. The number of hydrogen-bond donors (Lipinski definition) is 0. The van der Waals surface area contributed by atoms with Crippen molar-refractivity contribution in [1.29, 1.82) is 0 Å². The van der Waals surface area contributed by atoms with E-state index in [1.807, 2.05) is 4.68 Å². The molecular formula is C11H12N4O. The van der Waals surface area contributed by atoms with Crippen LogP contribution in [0, 0.1) is 0 Å². The highest BCUT2D eigenvalue weighted by molar-refractivity contribution is 5.77. The van der Waals surface area contributed by atoms with Gasteiger partial charge in [-0.05, 0) is 12.5 Å².